The van der Waals surface area contributed by atoms with E-state index in [9.17, 15) is 9.59 Å². The lowest BCUT2D eigenvalue weighted by Crippen LogP contribution is -2.37. The molecule has 0 aliphatic heterocycles. The third kappa shape index (κ3) is 4.07. The number of benzene rings is 2. The van der Waals surface area contributed by atoms with Crippen LogP contribution in [0.4, 0.5) is 0 Å². The van der Waals surface area contributed by atoms with Crippen molar-refractivity contribution in [2.24, 2.45) is 0 Å². The van der Waals surface area contributed by atoms with Crippen LogP contribution < -0.4 is 4.57 Å². The molecule has 0 unspecified atom stereocenters. The Balaban J connectivity index is 1.69. The van der Waals surface area contributed by atoms with Gasteiger partial charge in [0.2, 0.25) is 12.3 Å². The van der Waals surface area contributed by atoms with Gasteiger partial charge >= 0.3 is 0 Å². The number of hydrogen-bond acceptors (Lipinski definition) is 2. The second-order valence-corrected chi connectivity index (χ2v) is 5.93. The zero-order valence-corrected chi connectivity index (χ0v) is 14.2. The second-order valence-electron chi connectivity index (χ2n) is 5.93. The number of rotatable bonds is 6. The van der Waals surface area contributed by atoms with Gasteiger partial charge in [0.15, 0.2) is 18.2 Å². The van der Waals surface area contributed by atoms with Crippen LogP contribution in [-0.4, -0.2) is 11.6 Å². The minimum atomic E-state index is -0.0192. The Hall–Kier alpha value is -3.07. The van der Waals surface area contributed by atoms with E-state index >= 15 is 0 Å². The summed E-state index contributed by atoms with van der Waals surface area (Å²) in [6.45, 7) is 2.34. The monoisotopic (exact) mass is 330 g/mol. The molecule has 0 fully saturated rings. The molecule has 3 nitrogen and oxygen atoms in total. The van der Waals surface area contributed by atoms with Crippen LogP contribution >= 0.6 is 0 Å². The third-order valence-electron chi connectivity index (χ3n) is 4.20. The Labute approximate surface area is 147 Å². The summed E-state index contributed by atoms with van der Waals surface area (Å²) in [5.74, 6) is 0.0315. The highest BCUT2D eigenvalue weighted by molar-refractivity contribution is 6.08. The summed E-state index contributed by atoms with van der Waals surface area (Å²) in [6.07, 6.45) is 4.50. The normalized spacial score (nSPS) is 10.4. The molecule has 1 aromatic heterocycles. The fourth-order valence-corrected chi connectivity index (χ4v) is 2.65. The van der Waals surface area contributed by atoms with Gasteiger partial charge in [-0.05, 0) is 12.0 Å². The Morgan fingerprint density at radius 2 is 1.36 bits per heavy atom. The first-order valence-corrected chi connectivity index (χ1v) is 8.38. The fourth-order valence-electron chi connectivity index (χ4n) is 2.65. The van der Waals surface area contributed by atoms with E-state index in [2.05, 4.69) is 6.92 Å². The van der Waals surface area contributed by atoms with E-state index < -0.39 is 0 Å². The summed E-state index contributed by atoms with van der Waals surface area (Å²) in [5, 5.41) is 0. The van der Waals surface area contributed by atoms with Crippen molar-refractivity contribution in [1.29, 1.82) is 0 Å². The highest BCUT2D eigenvalue weighted by Crippen LogP contribution is 2.08. The lowest BCUT2D eigenvalue weighted by Gasteiger charge is -2.02. The largest absolute Gasteiger partial charge is 0.289 e. The van der Waals surface area contributed by atoms with Gasteiger partial charge in [-0.1, -0.05) is 61.5 Å². The Morgan fingerprint density at radius 1 is 0.760 bits per heavy atom. The number of aryl methyl sites for hydroxylation is 1. The molecule has 0 bridgehead atoms. The van der Waals surface area contributed by atoms with Crippen molar-refractivity contribution in [3.8, 4) is 0 Å². The van der Waals surface area contributed by atoms with Gasteiger partial charge in [-0.15, -0.1) is 0 Å². The number of ketones is 2. The molecule has 0 radical (unpaired) electrons. The average Bonchev–Trinajstić information content (AvgIpc) is 2.68. The van der Waals surface area contributed by atoms with Crippen molar-refractivity contribution in [2.45, 2.75) is 19.9 Å². The van der Waals surface area contributed by atoms with Crippen LogP contribution in [-0.2, 0) is 13.0 Å². The zero-order chi connectivity index (χ0) is 17.6. The molecule has 0 saturated carbocycles. The minimum Gasteiger partial charge on any atom is -0.289 e. The lowest BCUT2D eigenvalue weighted by atomic mass is 10.0. The highest BCUT2D eigenvalue weighted by Gasteiger charge is 2.14. The van der Waals surface area contributed by atoms with Gasteiger partial charge in [-0.3, -0.25) is 9.59 Å². The maximum Gasteiger partial charge on any atom is 0.227 e. The molecule has 0 atom stereocenters. The van der Waals surface area contributed by atoms with E-state index in [0.29, 0.717) is 16.7 Å². The number of hydrogen-bond donors (Lipinski definition) is 0. The van der Waals surface area contributed by atoms with Crippen LogP contribution in [0.2, 0.25) is 0 Å². The average molecular weight is 330 g/mol. The molecule has 0 aliphatic rings. The SMILES string of the molecule is CCc1ccc(C(=O)C[n+]2ccc(C(=O)c3ccccc3)cc2)cc1. The maximum atomic E-state index is 12.4. The molecule has 124 valence electrons. The van der Waals surface area contributed by atoms with Gasteiger partial charge in [-0.2, -0.15) is 4.57 Å². The number of carbonyl (C=O) groups excluding carboxylic acids is 2. The van der Waals surface area contributed by atoms with Crippen LogP contribution in [0.1, 0.15) is 38.8 Å². The van der Waals surface area contributed by atoms with Crippen molar-refractivity contribution in [3.63, 3.8) is 0 Å². The van der Waals surface area contributed by atoms with Crippen LogP contribution in [0.5, 0.6) is 0 Å². The standard InChI is InChI=1S/C22H20NO2/c1-2-17-8-10-18(11-9-17)21(24)16-23-14-12-20(13-15-23)22(25)19-6-4-3-5-7-19/h3-15H,2,16H2,1H3/q+1. The predicted octanol–water partition coefficient (Wildman–Crippen LogP) is 3.65. The number of nitrogens with zero attached hydrogens (tertiary/aromatic N) is 1. The number of Topliss-reactive ketones (excluding diaryl/α,β-unsaturated/α-hetero) is 1. The quantitative estimate of drug-likeness (QED) is 0.511. The topological polar surface area (TPSA) is 38.0 Å². The Kier molecular flexibility index (Phi) is 5.14. The van der Waals surface area contributed by atoms with E-state index in [0.717, 1.165) is 6.42 Å². The fraction of sp³-hybridized carbons (Fsp3) is 0.136. The Bertz CT molecular complexity index is 866. The van der Waals surface area contributed by atoms with E-state index in [1.165, 1.54) is 5.56 Å². The number of aromatic nitrogens is 1. The Morgan fingerprint density at radius 3 is 1.96 bits per heavy atom. The van der Waals surface area contributed by atoms with Crippen LogP contribution in [0, 0.1) is 0 Å². The molecule has 0 amide bonds. The molecular weight excluding hydrogens is 310 g/mol. The first-order chi connectivity index (χ1) is 12.2. The van der Waals surface area contributed by atoms with Gasteiger partial charge < -0.3 is 0 Å². The van der Waals surface area contributed by atoms with Crippen molar-refractivity contribution in [2.75, 3.05) is 0 Å². The summed E-state index contributed by atoms with van der Waals surface area (Å²) in [7, 11) is 0. The van der Waals surface area contributed by atoms with Crippen molar-refractivity contribution in [1.82, 2.24) is 0 Å². The van der Waals surface area contributed by atoms with Gasteiger partial charge in [0, 0.05) is 28.8 Å². The molecule has 3 aromatic rings. The second kappa shape index (κ2) is 7.67. The maximum absolute atomic E-state index is 12.4. The zero-order valence-electron chi connectivity index (χ0n) is 14.2. The minimum absolute atomic E-state index is 0.0192. The van der Waals surface area contributed by atoms with Gasteiger partial charge in [0.05, 0.1) is 0 Å². The first kappa shape index (κ1) is 16.8. The van der Waals surface area contributed by atoms with Crippen LogP contribution in [0.25, 0.3) is 0 Å². The van der Waals surface area contributed by atoms with Crippen LogP contribution in [0.15, 0.2) is 79.1 Å². The molecule has 0 N–H and O–H groups in total. The molecule has 25 heavy (non-hydrogen) atoms. The van der Waals surface area contributed by atoms with E-state index in [1.54, 1.807) is 41.2 Å². The first-order valence-electron chi connectivity index (χ1n) is 8.38. The third-order valence-corrected chi connectivity index (χ3v) is 4.20. The van der Waals surface area contributed by atoms with Crippen LogP contribution in [0.3, 0.4) is 0 Å². The predicted molar refractivity (Wildman–Crippen MR) is 96.7 cm³/mol. The molecular formula is C22H20NO2+. The summed E-state index contributed by atoms with van der Waals surface area (Å²) in [5.41, 5.74) is 3.19. The van der Waals surface area contributed by atoms with Crippen molar-refractivity contribution < 1.29 is 14.2 Å². The van der Waals surface area contributed by atoms with E-state index in [4.69, 9.17) is 0 Å². The summed E-state index contributed by atoms with van der Waals surface area (Å²) in [4.78, 5) is 24.8. The molecule has 3 heteroatoms. The molecule has 0 aliphatic carbocycles. The smallest absolute Gasteiger partial charge is 0.227 e. The molecule has 2 aromatic carbocycles. The molecule has 1 heterocycles. The van der Waals surface area contributed by atoms with Crippen molar-refractivity contribution >= 4 is 11.6 Å². The molecule has 0 spiro atoms. The van der Waals surface area contributed by atoms with Gasteiger partial charge in [0.25, 0.3) is 0 Å². The molecule has 0 saturated heterocycles. The lowest BCUT2D eigenvalue weighted by molar-refractivity contribution is -0.683. The highest BCUT2D eigenvalue weighted by atomic mass is 16.1. The van der Waals surface area contributed by atoms with Crippen molar-refractivity contribution in [3.05, 3.63) is 101 Å². The van der Waals surface area contributed by atoms with E-state index in [-0.39, 0.29) is 18.1 Å². The summed E-state index contributed by atoms with van der Waals surface area (Å²) >= 11 is 0. The number of carbonyl (C=O) groups is 2. The molecule has 3 rings (SSSR count). The van der Waals surface area contributed by atoms with E-state index in [1.807, 2.05) is 42.5 Å². The number of pyridine rings is 1. The summed E-state index contributed by atoms with van der Waals surface area (Å²) < 4.78 is 1.79. The summed E-state index contributed by atoms with van der Waals surface area (Å²) in [6, 6.07) is 20.4. The van der Waals surface area contributed by atoms with Gasteiger partial charge in [0.1, 0.15) is 0 Å². The van der Waals surface area contributed by atoms with Gasteiger partial charge in [-0.25, -0.2) is 0 Å².